The molecule has 0 aromatic rings. The molecule has 0 aromatic heterocycles. The van der Waals surface area contributed by atoms with E-state index in [9.17, 15) is 4.79 Å². The molecule has 11 nitrogen and oxygen atoms in total. The van der Waals surface area contributed by atoms with Gasteiger partial charge in [-0.25, -0.2) is 0 Å². The number of unbranched alkanes of at least 4 members (excludes halogenated alkanes) is 1. The summed E-state index contributed by atoms with van der Waals surface area (Å²) in [6, 6.07) is 0. The molecule has 0 aliphatic heterocycles. The molecule has 0 saturated carbocycles. The Labute approximate surface area is 223 Å². The Balaban J connectivity index is 3.16. The smallest absolute Gasteiger partial charge is 0.308 e. The first-order valence-electron chi connectivity index (χ1n) is 13.7. The van der Waals surface area contributed by atoms with E-state index in [-0.39, 0.29) is 18.5 Å². The van der Waals surface area contributed by atoms with Gasteiger partial charge >= 0.3 is 5.97 Å². The minimum atomic E-state index is -0.117. The molecule has 2 N–H and O–H groups in total. The monoisotopic (exact) mass is 539 g/mol. The van der Waals surface area contributed by atoms with Gasteiger partial charge in [0.2, 0.25) is 0 Å². The van der Waals surface area contributed by atoms with E-state index in [0.29, 0.717) is 112 Å². The molecule has 0 aliphatic rings. The van der Waals surface area contributed by atoms with Crippen LogP contribution in [0, 0.1) is 5.92 Å². The van der Waals surface area contributed by atoms with Crippen molar-refractivity contribution in [1.29, 1.82) is 0 Å². The highest BCUT2D eigenvalue weighted by Crippen LogP contribution is 2.14. The Morgan fingerprint density at radius 2 is 0.865 bits per heavy atom. The lowest BCUT2D eigenvalue weighted by Gasteiger charge is -2.13. The van der Waals surface area contributed by atoms with Crippen molar-refractivity contribution in [2.75, 3.05) is 119 Å². The topological polar surface area (TPSA) is 126 Å². The van der Waals surface area contributed by atoms with Crippen molar-refractivity contribution in [3.8, 4) is 0 Å². The summed E-state index contributed by atoms with van der Waals surface area (Å²) >= 11 is 0. The molecular formula is C26H53NO10. The number of ether oxygens (including phenoxy) is 9. The number of esters is 1. The van der Waals surface area contributed by atoms with Crippen molar-refractivity contribution < 1.29 is 47.4 Å². The number of hydrogen-bond donors (Lipinski definition) is 1. The zero-order valence-electron chi connectivity index (χ0n) is 23.3. The molecule has 0 fully saturated rings. The van der Waals surface area contributed by atoms with Crippen LogP contribution in [0.5, 0.6) is 0 Å². The molecule has 0 amide bonds. The van der Waals surface area contributed by atoms with Crippen LogP contribution >= 0.6 is 0 Å². The minimum absolute atomic E-state index is 0.00205. The minimum Gasteiger partial charge on any atom is -0.463 e. The maximum atomic E-state index is 12.0. The quantitative estimate of drug-likeness (QED) is 0.102. The number of carbonyl (C=O) groups is 1. The van der Waals surface area contributed by atoms with Crippen LogP contribution in [0.15, 0.2) is 0 Å². The lowest BCUT2D eigenvalue weighted by atomic mass is 10.00. The van der Waals surface area contributed by atoms with Crippen molar-refractivity contribution in [3.05, 3.63) is 0 Å². The summed E-state index contributed by atoms with van der Waals surface area (Å²) in [6.07, 6.45) is 3.85. The number of carbonyl (C=O) groups excluding carboxylic acids is 1. The van der Waals surface area contributed by atoms with Crippen LogP contribution in [0.25, 0.3) is 0 Å². The molecule has 0 radical (unpaired) electrons. The predicted octanol–water partition coefficient (Wildman–Crippen LogP) is 1.84. The summed E-state index contributed by atoms with van der Waals surface area (Å²) in [4.78, 5) is 12.0. The van der Waals surface area contributed by atoms with E-state index >= 15 is 0 Å². The van der Waals surface area contributed by atoms with Crippen molar-refractivity contribution >= 4 is 5.97 Å². The summed E-state index contributed by atoms with van der Waals surface area (Å²) in [5, 5.41) is 0. The largest absolute Gasteiger partial charge is 0.463 e. The SMILES string of the molecule is CCCCC(CC)C(=O)OCCOCCOCCOCCOCCOCCOCCOCCOCCN. The van der Waals surface area contributed by atoms with Crippen LogP contribution in [0.4, 0.5) is 0 Å². The molecule has 0 bridgehead atoms. The Bertz CT molecular complexity index is 459. The average Bonchev–Trinajstić information content (AvgIpc) is 2.91. The van der Waals surface area contributed by atoms with E-state index in [4.69, 9.17) is 48.4 Å². The zero-order chi connectivity index (χ0) is 27.1. The number of nitrogens with two attached hydrogens (primary N) is 1. The van der Waals surface area contributed by atoms with Gasteiger partial charge < -0.3 is 48.4 Å². The second-order valence-electron chi connectivity index (χ2n) is 8.10. The predicted molar refractivity (Wildman–Crippen MR) is 140 cm³/mol. The van der Waals surface area contributed by atoms with Crippen molar-refractivity contribution in [1.82, 2.24) is 0 Å². The van der Waals surface area contributed by atoms with Crippen LogP contribution in [0.1, 0.15) is 39.5 Å². The summed E-state index contributed by atoms with van der Waals surface area (Å²) in [6.45, 7) is 13.0. The molecule has 1 atom stereocenters. The fourth-order valence-corrected chi connectivity index (χ4v) is 2.98. The first-order chi connectivity index (χ1) is 18.3. The Morgan fingerprint density at radius 3 is 1.16 bits per heavy atom. The maximum absolute atomic E-state index is 12.0. The molecule has 0 spiro atoms. The number of rotatable bonds is 31. The third kappa shape index (κ3) is 27.9. The lowest BCUT2D eigenvalue weighted by molar-refractivity contribution is -0.150. The van der Waals surface area contributed by atoms with Gasteiger partial charge in [0, 0.05) is 6.54 Å². The molecule has 37 heavy (non-hydrogen) atoms. The van der Waals surface area contributed by atoms with Gasteiger partial charge in [0.25, 0.3) is 0 Å². The van der Waals surface area contributed by atoms with Crippen molar-refractivity contribution in [3.63, 3.8) is 0 Å². The van der Waals surface area contributed by atoms with Crippen molar-refractivity contribution in [2.24, 2.45) is 11.7 Å². The Hall–Kier alpha value is -0.890. The first kappa shape index (κ1) is 36.1. The lowest BCUT2D eigenvalue weighted by Crippen LogP contribution is -2.20. The molecule has 0 aliphatic carbocycles. The molecule has 0 heterocycles. The summed E-state index contributed by atoms with van der Waals surface area (Å²) in [5.74, 6) is -0.115. The molecular weight excluding hydrogens is 486 g/mol. The van der Waals surface area contributed by atoms with Gasteiger partial charge in [-0.05, 0) is 12.8 Å². The molecule has 11 heteroatoms. The van der Waals surface area contributed by atoms with Gasteiger partial charge in [-0.15, -0.1) is 0 Å². The first-order valence-corrected chi connectivity index (χ1v) is 13.7. The summed E-state index contributed by atoms with van der Waals surface area (Å²) in [7, 11) is 0. The third-order valence-electron chi connectivity index (χ3n) is 5.07. The van der Waals surface area contributed by atoms with Gasteiger partial charge in [0.05, 0.1) is 112 Å². The van der Waals surface area contributed by atoms with Crippen LogP contribution in [-0.4, -0.2) is 125 Å². The molecule has 0 rings (SSSR count). The fourth-order valence-electron chi connectivity index (χ4n) is 2.98. The van der Waals surface area contributed by atoms with Crippen LogP contribution in [0.3, 0.4) is 0 Å². The van der Waals surface area contributed by atoms with E-state index in [1.165, 1.54) is 0 Å². The van der Waals surface area contributed by atoms with Gasteiger partial charge in [-0.2, -0.15) is 0 Å². The van der Waals surface area contributed by atoms with E-state index in [2.05, 4.69) is 6.92 Å². The zero-order valence-corrected chi connectivity index (χ0v) is 23.3. The molecule has 222 valence electrons. The van der Waals surface area contributed by atoms with Crippen molar-refractivity contribution in [2.45, 2.75) is 39.5 Å². The summed E-state index contributed by atoms with van der Waals surface area (Å²) < 4.78 is 48.4. The van der Waals surface area contributed by atoms with Gasteiger partial charge in [-0.3, -0.25) is 4.79 Å². The van der Waals surface area contributed by atoms with E-state index in [1.807, 2.05) is 6.92 Å². The highest BCUT2D eigenvalue weighted by Gasteiger charge is 2.16. The normalized spacial score (nSPS) is 12.2. The number of hydrogen-bond acceptors (Lipinski definition) is 11. The fraction of sp³-hybridized carbons (Fsp3) is 0.962. The second kappa shape index (κ2) is 31.3. The summed E-state index contributed by atoms with van der Waals surface area (Å²) in [5.41, 5.74) is 5.32. The van der Waals surface area contributed by atoms with E-state index in [1.54, 1.807) is 0 Å². The van der Waals surface area contributed by atoms with E-state index < -0.39 is 0 Å². The highest BCUT2D eigenvalue weighted by atomic mass is 16.6. The van der Waals surface area contributed by atoms with Crippen LogP contribution in [0.2, 0.25) is 0 Å². The molecule has 0 saturated heterocycles. The average molecular weight is 540 g/mol. The molecule has 0 aromatic carbocycles. The second-order valence-corrected chi connectivity index (χ2v) is 8.10. The van der Waals surface area contributed by atoms with Crippen LogP contribution in [-0.2, 0) is 47.4 Å². The van der Waals surface area contributed by atoms with Gasteiger partial charge in [-0.1, -0.05) is 26.7 Å². The highest BCUT2D eigenvalue weighted by molar-refractivity contribution is 5.72. The van der Waals surface area contributed by atoms with Crippen LogP contribution < -0.4 is 5.73 Å². The van der Waals surface area contributed by atoms with E-state index in [0.717, 1.165) is 25.7 Å². The molecule has 1 unspecified atom stereocenters. The van der Waals surface area contributed by atoms with Gasteiger partial charge in [0.15, 0.2) is 0 Å². The Kier molecular flexibility index (Phi) is 30.6. The maximum Gasteiger partial charge on any atom is 0.308 e. The third-order valence-corrected chi connectivity index (χ3v) is 5.07. The van der Waals surface area contributed by atoms with Gasteiger partial charge in [0.1, 0.15) is 6.61 Å². The Morgan fingerprint density at radius 1 is 0.541 bits per heavy atom. The standard InChI is InChI=1S/C26H53NO10/c1-3-5-6-25(4-2)26(28)37-24-23-36-22-21-35-20-19-34-18-17-33-16-15-32-14-13-31-12-11-30-10-9-29-8-7-27/h25H,3-24,27H2,1-2H3.